The lowest BCUT2D eigenvalue weighted by Gasteiger charge is -2.37. The lowest BCUT2D eigenvalue weighted by molar-refractivity contribution is -0.128. The van der Waals surface area contributed by atoms with Gasteiger partial charge in [-0.1, -0.05) is 12.8 Å². The predicted molar refractivity (Wildman–Crippen MR) is 78.5 cm³/mol. The minimum atomic E-state index is 0.215. The summed E-state index contributed by atoms with van der Waals surface area (Å²) in [4.78, 5) is 15.0. The monoisotopic (exact) mass is 280 g/mol. The Kier molecular flexibility index (Phi) is 4.94. The summed E-state index contributed by atoms with van der Waals surface area (Å²) >= 11 is 0. The van der Waals surface area contributed by atoms with E-state index in [4.69, 9.17) is 4.74 Å². The minimum Gasteiger partial charge on any atom is -0.381 e. The summed E-state index contributed by atoms with van der Waals surface area (Å²) in [7, 11) is 0. The molecule has 0 aromatic carbocycles. The Morgan fingerprint density at radius 2 is 1.75 bits per heavy atom. The molecule has 114 valence electrons. The molecule has 1 atom stereocenters. The number of nitrogens with zero attached hydrogens (tertiary/aromatic N) is 1. The highest BCUT2D eigenvalue weighted by atomic mass is 16.5. The predicted octanol–water partition coefficient (Wildman–Crippen LogP) is 1.94. The number of carbonyl (C=O) groups is 1. The summed E-state index contributed by atoms with van der Waals surface area (Å²) in [5, 5.41) is 3.25. The van der Waals surface area contributed by atoms with Crippen molar-refractivity contribution in [1.29, 1.82) is 0 Å². The number of hydrogen-bond donors (Lipinski definition) is 1. The number of ether oxygens (including phenoxy) is 1. The lowest BCUT2D eigenvalue weighted by atomic mass is 9.94. The number of amides is 1. The maximum Gasteiger partial charge on any atom is 0.224 e. The number of nitrogens with one attached hydrogen (secondary N) is 1. The Morgan fingerprint density at radius 1 is 1.00 bits per heavy atom. The molecule has 1 unspecified atom stereocenters. The van der Waals surface area contributed by atoms with Gasteiger partial charge in [0.2, 0.25) is 5.91 Å². The van der Waals surface area contributed by atoms with Crippen molar-refractivity contribution in [2.75, 3.05) is 26.3 Å². The van der Waals surface area contributed by atoms with Crippen LogP contribution in [0.4, 0.5) is 0 Å². The van der Waals surface area contributed by atoms with Gasteiger partial charge in [-0.3, -0.25) is 9.69 Å². The molecule has 3 fully saturated rings. The molecule has 0 radical (unpaired) electrons. The molecule has 0 bridgehead atoms. The molecule has 2 aliphatic heterocycles. The highest BCUT2D eigenvalue weighted by Gasteiger charge is 2.31. The number of piperidine rings is 1. The molecule has 3 rings (SSSR count). The highest BCUT2D eigenvalue weighted by molar-refractivity contribution is 5.79. The fraction of sp³-hybridized carbons (Fsp3) is 0.938. The van der Waals surface area contributed by atoms with Gasteiger partial charge in [-0.25, -0.2) is 0 Å². The largest absolute Gasteiger partial charge is 0.381 e. The van der Waals surface area contributed by atoms with Gasteiger partial charge in [0.05, 0.1) is 5.92 Å². The van der Waals surface area contributed by atoms with Crippen LogP contribution >= 0.6 is 0 Å². The standard InChI is InChI=1S/C16H28N2O2/c19-16(17-14-7-10-20-11-8-14)13-4-3-9-18(12-13)15-5-1-2-6-15/h13-15H,1-12H2,(H,17,19). The number of carbonyl (C=O) groups excluding carboxylic acids is 1. The van der Waals surface area contributed by atoms with Gasteiger partial charge in [-0.05, 0) is 45.1 Å². The van der Waals surface area contributed by atoms with E-state index in [1.54, 1.807) is 0 Å². The molecule has 0 spiro atoms. The molecular weight excluding hydrogens is 252 g/mol. The van der Waals surface area contributed by atoms with E-state index < -0.39 is 0 Å². The minimum absolute atomic E-state index is 0.215. The van der Waals surface area contributed by atoms with Crippen LogP contribution in [0.2, 0.25) is 0 Å². The topological polar surface area (TPSA) is 41.6 Å². The number of hydrogen-bond acceptors (Lipinski definition) is 3. The molecule has 4 nitrogen and oxygen atoms in total. The molecule has 2 heterocycles. The Hall–Kier alpha value is -0.610. The fourth-order valence-electron chi connectivity index (χ4n) is 3.98. The van der Waals surface area contributed by atoms with Gasteiger partial charge < -0.3 is 10.1 Å². The van der Waals surface area contributed by atoms with E-state index in [9.17, 15) is 4.79 Å². The van der Waals surface area contributed by atoms with Crippen LogP contribution in [0.25, 0.3) is 0 Å². The Morgan fingerprint density at radius 3 is 2.50 bits per heavy atom. The SMILES string of the molecule is O=C(NC1CCOCC1)C1CCCN(C2CCCC2)C1. The van der Waals surface area contributed by atoms with Crippen LogP contribution in [0.3, 0.4) is 0 Å². The van der Waals surface area contributed by atoms with E-state index in [2.05, 4.69) is 10.2 Å². The second kappa shape index (κ2) is 6.90. The first-order valence-electron chi connectivity index (χ1n) is 8.45. The third-order valence-electron chi connectivity index (χ3n) is 5.23. The van der Waals surface area contributed by atoms with E-state index in [1.165, 1.54) is 38.6 Å². The zero-order chi connectivity index (χ0) is 13.8. The van der Waals surface area contributed by atoms with Crippen LogP contribution in [-0.4, -0.2) is 49.2 Å². The zero-order valence-electron chi connectivity index (χ0n) is 12.5. The summed E-state index contributed by atoms with van der Waals surface area (Å²) in [6.45, 7) is 3.78. The van der Waals surface area contributed by atoms with Crippen molar-refractivity contribution in [2.24, 2.45) is 5.92 Å². The summed E-state index contributed by atoms with van der Waals surface area (Å²) in [6, 6.07) is 1.10. The quantitative estimate of drug-likeness (QED) is 0.859. The smallest absolute Gasteiger partial charge is 0.224 e. The molecule has 2 saturated heterocycles. The molecule has 1 aliphatic carbocycles. The van der Waals surface area contributed by atoms with E-state index in [0.29, 0.717) is 11.9 Å². The van der Waals surface area contributed by atoms with Gasteiger partial charge in [-0.15, -0.1) is 0 Å². The molecule has 20 heavy (non-hydrogen) atoms. The van der Waals surface area contributed by atoms with Crippen molar-refractivity contribution in [3.63, 3.8) is 0 Å². The van der Waals surface area contributed by atoms with Crippen molar-refractivity contribution in [1.82, 2.24) is 10.2 Å². The average Bonchev–Trinajstić information content (AvgIpc) is 3.03. The van der Waals surface area contributed by atoms with Gasteiger partial charge >= 0.3 is 0 Å². The normalized spacial score (nSPS) is 30.5. The van der Waals surface area contributed by atoms with E-state index in [-0.39, 0.29) is 5.92 Å². The van der Waals surface area contributed by atoms with Crippen molar-refractivity contribution in [2.45, 2.75) is 63.5 Å². The first kappa shape index (κ1) is 14.3. The van der Waals surface area contributed by atoms with E-state index in [1.807, 2.05) is 0 Å². The lowest BCUT2D eigenvalue weighted by Crippen LogP contribution is -2.49. The number of likely N-dealkylation sites (tertiary alicyclic amines) is 1. The zero-order valence-corrected chi connectivity index (χ0v) is 12.5. The first-order chi connectivity index (χ1) is 9.83. The Labute approximate surface area is 122 Å². The molecule has 1 amide bonds. The third-order valence-corrected chi connectivity index (χ3v) is 5.23. The molecule has 1 saturated carbocycles. The summed E-state index contributed by atoms with van der Waals surface area (Å²) in [5.41, 5.74) is 0. The average molecular weight is 280 g/mol. The van der Waals surface area contributed by atoms with Gasteiger partial charge in [0.15, 0.2) is 0 Å². The fourth-order valence-corrected chi connectivity index (χ4v) is 3.98. The van der Waals surface area contributed by atoms with Crippen molar-refractivity contribution < 1.29 is 9.53 Å². The van der Waals surface area contributed by atoms with E-state index in [0.717, 1.165) is 45.1 Å². The second-order valence-electron chi connectivity index (χ2n) is 6.67. The summed E-state index contributed by atoms with van der Waals surface area (Å²) in [6.07, 6.45) is 9.64. The van der Waals surface area contributed by atoms with E-state index >= 15 is 0 Å². The maximum absolute atomic E-state index is 12.4. The highest BCUT2D eigenvalue weighted by Crippen LogP contribution is 2.28. The van der Waals surface area contributed by atoms with Gasteiger partial charge in [-0.2, -0.15) is 0 Å². The van der Waals surface area contributed by atoms with Gasteiger partial charge in [0.1, 0.15) is 0 Å². The number of rotatable bonds is 3. The Bertz CT molecular complexity index is 322. The molecule has 0 aromatic heterocycles. The van der Waals surface area contributed by atoms with Gasteiger partial charge in [0, 0.05) is 31.8 Å². The first-order valence-corrected chi connectivity index (χ1v) is 8.45. The molecular formula is C16H28N2O2. The third kappa shape index (κ3) is 3.53. The summed E-state index contributed by atoms with van der Waals surface area (Å²) in [5.74, 6) is 0.506. The second-order valence-corrected chi connectivity index (χ2v) is 6.67. The van der Waals surface area contributed by atoms with Crippen LogP contribution in [0.15, 0.2) is 0 Å². The molecule has 4 heteroatoms. The van der Waals surface area contributed by atoms with Crippen molar-refractivity contribution in [3.05, 3.63) is 0 Å². The van der Waals surface area contributed by atoms with Crippen LogP contribution in [0, 0.1) is 5.92 Å². The Balaban J connectivity index is 1.49. The van der Waals surface area contributed by atoms with Crippen LogP contribution in [-0.2, 0) is 9.53 Å². The molecule has 3 aliphatic rings. The molecule has 1 N–H and O–H groups in total. The van der Waals surface area contributed by atoms with Crippen LogP contribution in [0.1, 0.15) is 51.4 Å². The van der Waals surface area contributed by atoms with Crippen molar-refractivity contribution in [3.8, 4) is 0 Å². The molecule has 0 aromatic rings. The summed E-state index contributed by atoms with van der Waals surface area (Å²) < 4.78 is 5.35. The van der Waals surface area contributed by atoms with Crippen LogP contribution < -0.4 is 5.32 Å². The van der Waals surface area contributed by atoms with Gasteiger partial charge in [0.25, 0.3) is 0 Å². The van der Waals surface area contributed by atoms with Crippen molar-refractivity contribution >= 4 is 5.91 Å². The maximum atomic E-state index is 12.4. The van der Waals surface area contributed by atoms with Crippen LogP contribution in [0.5, 0.6) is 0 Å².